The summed E-state index contributed by atoms with van der Waals surface area (Å²) in [6.45, 7) is 1.91. The van der Waals surface area contributed by atoms with Gasteiger partial charge < -0.3 is 0 Å². The highest BCUT2D eigenvalue weighted by molar-refractivity contribution is 5.98. The molecule has 7 heteroatoms. The molecule has 0 N–H and O–H groups in total. The van der Waals surface area contributed by atoms with Crippen LogP contribution in [0.1, 0.15) is 23.0 Å². The summed E-state index contributed by atoms with van der Waals surface area (Å²) < 4.78 is 38.0. The van der Waals surface area contributed by atoms with E-state index in [0.29, 0.717) is 12.1 Å². The van der Waals surface area contributed by atoms with Gasteiger partial charge in [-0.05, 0) is 18.1 Å². The largest absolute Gasteiger partial charge is 0.456 e. The fourth-order valence-electron chi connectivity index (χ4n) is 1.66. The molecular weight excluding hydrogens is 259 g/mol. The Hall–Kier alpha value is -2.18. The highest BCUT2D eigenvalue weighted by atomic mass is 19.4. The molecule has 0 amide bonds. The molecule has 1 aromatic heterocycles. The Morgan fingerprint density at radius 2 is 2.00 bits per heavy atom. The van der Waals surface area contributed by atoms with Gasteiger partial charge in [0.25, 0.3) is 5.78 Å². The molecule has 1 aromatic carbocycles. The van der Waals surface area contributed by atoms with Gasteiger partial charge in [0.05, 0.1) is 11.9 Å². The van der Waals surface area contributed by atoms with Crippen molar-refractivity contribution in [2.24, 2.45) is 0 Å². The van der Waals surface area contributed by atoms with E-state index in [2.05, 4.69) is 10.3 Å². The van der Waals surface area contributed by atoms with E-state index in [9.17, 15) is 18.0 Å². The first-order chi connectivity index (χ1) is 8.93. The number of hydrogen-bond donors (Lipinski definition) is 0. The highest BCUT2D eigenvalue weighted by Crippen LogP contribution is 2.21. The molecule has 0 saturated carbocycles. The van der Waals surface area contributed by atoms with Crippen molar-refractivity contribution in [2.75, 3.05) is 0 Å². The van der Waals surface area contributed by atoms with E-state index in [1.54, 1.807) is 12.1 Å². The molecule has 100 valence electrons. The molecule has 0 atom stereocenters. The maximum absolute atomic E-state index is 12.3. The average molecular weight is 269 g/mol. The SMILES string of the molecule is CCc1ccccc1-n1cc(C(=O)C(F)(F)F)nn1. The van der Waals surface area contributed by atoms with Crippen LogP contribution < -0.4 is 0 Å². The summed E-state index contributed by atoms with van der Waals surface area (Å²) in [5, 5.41) is 6.85. The Morgan fingerprint density at radius 1 is 1.32 bits per heavy atom. The number of rotatable bonds is 3. The Bertz CT molecular complexity index is 604. The molecule has 0 aliphatic heterocycles. The Kier molecular flexibility index (Phi) is 3.37. The molecule has 0 unspecified atom stereocenters. The number of nitrogens with zero attached hydrogens (tertiary/aromatic N) is 3. The number of benzene rings is 1. The summed E-state index contributed by atoms with van der Waals surface area (Å²) in [5.74, 6) is -1.99. The van der Waals surface area contributed by atoms with Gasteiger partial charge in [0.15, 0.2) is 5.69 Å². The van der Waals surface area contributed by atoms with Crippen molar-refractivity contribution in [3.8, 4) is 5.69 Å². The van der Waals surface area contributed by atoms with Gasteiger partial charge in [-0.25, -0.2) is 4.68 Å². The second-order valence-electron chi connectivity index (χ2n) is 3.86. The molecule has 0 radical (unpaired) electrons. The quantitative estimate of drug-likeness (QED) is 0.804. The number of ketones is 1. The van der Waals surface area contributed by atoms with Gasteiger partial charge in [-0.15, -0.1) is 5.10 Å². The summed E-state index contributed by atoms with van der Waals surface area (Å²) >= 11 is 0. The van der Waals surface area contributed by atoms with Crippen LogP contribution in [0.15, 0.2) is 30.5 Å². The number of halogens is 3. The third kappa shape index (κ3) is 2.64. The minimum Gasteiger partial charge on any atom is -0.282 e. The number of aromatic nitrogens is 3. The van der Waals surface area contributed by atoms with E-state index in [4.69, 9.17) is 0 Å². The normalized spacial score (nSPS) is 11.6. The lowest BCUT2D eigenvalue weighted by Crippen LogP contribution is -2.23. The van der Waals surface area contributed by atoms with Crippen LogP contribution >= 0.6 is 0 Å². The lowest BCUT2D eigenvalue weighted by molar-refractivity contribution is -0.0888. The summed E-state index contributed by atoms with van der Waals surface area (Å²) in [4.78, 5) is 11.0. The van der Waals surface area contributed by atoms with Crippen molar-refractivity contribution >= 4 is 5.78 Å². The zero-order valence-corrected chi connectivity index (χ0v) is 9.98. The number of alkyl halides is 3. The number of para-hydroxylation sites is 1. The number of hydrogen-bond acceptors (Lipinski definition) is 3. The number of aryl methyl sites for hydroxylation is 1. The van der Waals surface area contributed by atoms with Crippen LogP contribution in [0.2, 0.25) is 0 Å². The van der Waals surface area contributed by atoms with E-state index in [1.165, 1.54) is 4.68 Å². The van der Waals surface area contributed by atoms with Gasteiger partial charge in [0.2, 0.25) is 0 Å². The van der Waals surface area contributed by atoms with Crippen molar-refractivity contribution in [1.82, 2.24) is 15.0 Å². The van der Waals surface area contributed by atoms with Crippen molar-refractivity contribution in [1.29, 1.82) is 0 Å². The first-order valence-electron chi connectivity index (χ1n) is 5.55. The maximum atomic E-state index is 12.3. The van der Waals surface area contributed by atoms with Crippen LogP contribution in [0.25, 0.3) is 5.69 Å². The predicted molar refractivity (Wildman–Crippen MR) is 61.1 cm³/mol. The van der Waals surface area contributed by atoms with E-state index in [-0.39, 0.29) is 0 Å². The van der Waals surface area contributed by atoms with Crippen LogP contribution in [-0.4, -0.2) is 27.0 Å². The smallest absolute Gasteiger partial charge is 0.282 e. The second-order valence-corrected chi connectivity index (χ2v) is 3.86. The minimum absolute atomic E-state index is 0.610. The van der Waals surface area contributed by atoms with Gasteiger partial charge in [0.1, 0.15) is 0 Å². The van der Waals surface area contributed by atoms with Gasteiger partial charge in [-0.3, -0.25) is 4.79 Å². The van der Waals surface area contributed by atoms with E-state index in [0.717, 1.165) is 11.8 Å². The monoisotopic (exact) mass is 269 g/mol. The molecule has 4 nitrogen and oxygen atoms in total. The average Bonchev–Trinajstić information content (AvgIpc) is 2.86. The lowest BCUT2D eigenvalue weighted by atomic mass is 10.1. The molecule has 19 heavy (non-hydrogen) atoms. The Balaban J connectivity index is 2.39. The lowest BCUT2D eigenvalue weighted by Gasteiger charge is -2.05. The molecular formula is C12H10F3N3O. The fourth-order valence-corrected chi connectivity index (χ4v) is 1.66. The first kappa shape index (κ1) is 13.3. The predicted octanol–water partition coefficient (Wildman–Crippen LogP) is 2.57. The van der Waals surface area contributed by atoms with Gasteiger partial charge in [-0.1, -0.05) is 30.3 Å². The molecule has 0 spiro atoms. The molecule has 2 aromatic rings. The third-order valence-corrected chi connectivity index (χ3v) is 2.60. The van der Waals surface area contributed by atoms with Gasteiger partial charge in [0, 0.05) is 0 Å². The number of carbonyl (C=O) groups is 1. The Labute approximate surface area is 106 Å². The second kappa shape index (κ2) is 4.83. The van der Waals surface area contributed by atoms with Crippen LogP contribution in [-0.2, 0) is 6.42 Å². The molecule has 0 fully saturated rings. The maximum Gasteiger partial charge on any atom is 0.456 e. The summed E-state index contributed by atoms with van der Waals surface area (Å²) in [7, 11) is 0. The fraction of sp³-hybridized carbons (Fsp3) is 0.250. The van der Waals surface area contributed by atoms with Crippen molar-refractivity contribution < 1.29 is 18.0 Å². The van der Waals surface area contributed by atoms with Crippen molar-refractivity contribution in [3.05, 3.63) is 41.7 Å². The van der Waals surface area contributed by atoms with Crippen LogP contribution in [0.4, 0.5) is 13.2 Å². The minimum atomic E-state index is -4.94. The van der Waals surface area contributed by atoms with E-state index < -0.39 is 17.7 Å². The molecule has 0 saturated heterocycles. The number of carbonyl (C=O) groups excluding carboxylic acids is 1. The summed E-state index contributed by atoms with van der Waals surface area (Å²) in [5.41, 5.74) is 0.801. The van der Waals surface area contributed by atoms with Crippen LogP contribution in [0, 0.1) is 0 Å². The Morgan fingerprint density at radius 3 is 2.63 bits per heavy atom. The van der Waals surface area contributed by atoms with E-state index in [1.807, 2.05) is 19.1 Å². The molecule has 2 rings (SSSR count). The highest BCUT2D eigenvalue weighted by Gasteiger charge is 2.41. The van der Waals surface area contributed by atoms with Gasteiger partial charge in [-0.2, -0.15) is 13.2 Å². The zero-order valence-electron chi connectivity index (χ0n) is 9.98. The molecule has 0 aliphatic carbocycles. The number of Topliss-reactive ketones (excluding diaryl/α,β-unsaturated/α-hetero) is 1. The van der Waals surface area contributed by atoms with Crippen LogP contribution in [0.3, 0.4) is 0 Å². The molecule has 0 aliphatic rings. The molecule has 0 bridgehead atoms. The standard InChI is InChI=1S/C12H10F3N3O/c1-2-8-5-3-4-6-10(8)18-7-9(16-17-18)11(19)12(13,14)15/h3-7H,2H2,1H3. The van der Waals surface area contributed by atoms with Crippen molar-refractivity contribution in [3.63, 3.8) is 0 Å². The topological polar surface area (TPSA) is 47.8 Å². The van der Waals surface area contributed by atoms with Crippen LogP contribution in [0.5, 0.6) is 0 Å². The van der Waals surface area contributed by atoms with E-state index >= 15 is 0 Å². The first-order valence-corrected chi connectivity index (χ1v) is 5.55. The molecule has 1 heterocycles. The third-order valence-electron chi connectivity index (χ3n) is 2.60. The zero-order chi connectivity index (χ0) is 14.0. The van der Waals surface area contributed by atoms with Crippen molar-refractivity contribution in [2.45, 2.75) is 19.5 Å². The summed E-state index contributed by atoms with van der Waals surface area (Å²) in [6, 6.07) is 7.10. The summed E-state index contributed by atoms with van der Waals surface area (Å²) in [6.07, 6.45) is -3.26. The van der Waals surface area contributed by atoms with Gasteiger partial charge >= 0.3 is 6.18 Å².